The Bertz CT molecular complexity index is 481. The van der Waals surface area contributed by atoms with Gasteiger partial charge in [0.05, 0.1) is 11.1 Å². The molecule has 2 aliphatic heterocycles. The molecular weight excluding hydrogens is 363 g/mol. The maximum Gasteiger partial charge on any atom is 0.127 e. The van der Waals surface area contributed by atoms with E-state index in [9.17, 15) is 0 Å². The van der Waals surface area contributed by atoms with Crippen LogP contribution < -0.4 is 10.1 Å². The van der Waals surface area contributed by atoms with Crippen LogP contribution in [-0.2, 0) is 6.54 Å². The summed E-state index contributed by atoms with van der Waals surface area (Å²) < 4.78 is 7.14. The van der Waals surface area contributed by atoms with Gasteiger partial charge in [0.15, 0.2) is 0 Å². The van der Waals surface area contributed by atoms with E-state index in [1.165, 1.54) is 11.1 Å². The summed E-state index contributed by atoms with van der Waals surface area (Å²) in [6.45, 7) is 6.95. The molecule has 1 fully saturated rings. The minimum Gasteiger partial charge on any atom is -0.491 e. The van der Waals surface area contributed by atoms with E-state index in [4.69, 9.17) is 16.3 Å². The molecule has 5 heteroatoms. The predicted octanol–water partition coefficient (Wildman–Crippen LogP) is 2.42. The molecule has 1 aromatic carbocycles. The smallest absolute Gasteiger partial charge is 0.127 e. The summed E-state index contributed by atoms with van der Waals surface area (Å²) in [6, 6.07) is 2.54. The first-order valence-corrected chi connectivity index (χ1v) is 7.67. The van der Waals surface area contributed by atoms with Crippen LogP contribution >= 0.6 is 34.2 Å². The van der Waals surface area contributed by atoms with Crippen LogP contribution in [0.3, 0.4) is 0 Å². The minimum absolute atomic E-state index is 0.474. The number of nitrogens with zero attached hydrogens (tertiary/aromatic N) is 1. The zero-order chi connectivity index (χ0) is 12.7. The molecule has 0 amide bonds. The Morgan fingerprint density at radius 3 is 3.22 bits per heavy atom. The second-order valence-corrected chi connectivity index (χ2v) is 6.41. The number of benzene rings is 1. The Kier molecular flexibility index (Phi) is 3.71. The molecule has 0 aromatic heterocycles. The van der Waals surface area contributed by atoms with Crippen molar-refractivity contribution in [3.63, 3.8) is 0 Å². The first kappa shape index (κ1) is 13.0. The van der Waals surface area contributed by atoms with Crippen molar-refractivity contribution < 1.29 is 4.74 Å². The van der Waals surface area contributed by atoms with E-state index in [-0.39, 0.29) is 0 Å². The fraction of sp³-hybridized carbons (Fsp3) is 0.538. The van der Waals surface area contributed by atoms with Gasteiger partial charge in [-0.15, -0.1) is 0 Å². The van der Waals surface area contributed by atoms with Crippen LogP contribution in [-0.4, -0.2) is 37.2 Å². The molecular formula is C13H16ClIN2O. The van der Waals surface area contributed by atoms with Crippen LogP contribution in [0.4, 0.5) is 0 Å². The highest BCUT2D eigenvalue weighted by Crippen LogP contribution is 2.36. The topological polar surface area (TPSA) is 24.5 Å². The molecule has 2 aliphatic rings. The Hall–Kier alpha value is -0.0400. The molecule has 0 radical (unpaired) electrons. The summed E-state index contributed by atoms with van der Waals surface area (Å²) in [4.78, 5) is 2.49. The maximum absolute atomic E-state index is 6.29. The van der Waals surface area contributed by atoms with E-state index in [2.05, 4.69) is 45.8 Å². The van der Waals surface area contributed by atoms with Gasteiger partial charge in [0.1, 0.15) is 12.4 Å². The lowest BCUT2D eigenvalue weighted by atomic mass is 10.1. The summed E-state index contributed by atoms with van der Waals surface area (Å²) in [5.41, 5.74) is 2.40. The number of hydrogen-bond acceptors (Lipinski definition) is 3. The number of rotatable bonds is 0. The molecule has 3 rings (SSSR count). The molecule has 0 spiro atoms. The number of ether oxygens (including phenoxy) is 1. The van der Waals surface area contributed by atoms with Gasteiger partial charge >= 0.3 is 0 Å². The summed E-state index contributed by atoms with van der Waals surface area (Å²) in [7, 11) is 0. The van der Waals surface area contributed by atoms with Crippen LogP contribution in [0.2, 0.25) is 5.02 Å². The van der Waals surface area contributed by atoms with Gasteiger partial charge in [-0.25, -0.2) is 0 Å². The fourth-order valence-corrected chi connectivity index (χ4v) is 3.37. The van der Waals surface area contributed by atoms with E-state index in [1.54, 1.807) is 0 Å². The predicted molar refractivity (Wildman–Crippen MR) is 81.5 cm³/mol. The molecule has 0 bridgehead atoms. The van der Waals surface area contributed by atoms with Crippen LogP contribution in [0.5, 0.6) is 5.75 Å². The molecule has 2 heterocycles. The second kappa shape index (κ2) is 5.15. The minimum atomic E-state index is 0.474. The first-order chi connectivity index (χ1) is 8.66. The van der Waals surface area contributed by atoms with E-state index in [0.717, 1.165) is 47.1 Å². The van der Waals surface area contributed by atoms with Crippen molar-refractivity contribution in [2.24, 2.45) is 0 Å². The summed E-state index contributed by atoms with van der Waals surface area (Å²) in [5.74, 6) is 1.04. The molecule has 0 aliphatic carbocycles. The quantitative estimate of drug-likeness (QED) is 0.702. The Labute approximate surface area is 126 Å². The lowest BCUT2D eigenvalue weighted by Crippen LogP contribution is -2.52. The molecule has 0 saturated carbocycles. The highest BCUT2D eigenvalue weighted by atomic mass is 127. The third kappa shape index (κ3) is 2.24. The van der Waals surface area contributed by atoms with Gasteiger partial charge in [-0.05, 0) is 35.6 Å². The Morgan fingerprint density at radius 1 is 1.56 bits per heavy atom. The molecule has 0 unspecified atom stereocenters. The van der Waals surface area contributed by atoms with Crippen molar-refractivity contribution >= 4 is 34.2 Å². The highest BCUT2D eigenvalue weighted by Gasteiger charge is 2.28. The van der Waals surface area contributed by atoms with Crippen molar-refractivity contribution in [2.75, 3.05) is 26.2 Å². The second-order valence-electron chi connectivity index (χ2n) is 4.93. The van der Waals surface area contributed by atoms with Gasteiger partial charge in [0, 0.05) is 40.9 Å². The van der Waals surface area contributed by atoms with Crippen molar-refractivity contribution in [2.45, 2.75) is 19.5 Å². The third-order valence-corrected chi connectivity index (χ3v) is 5.74. The fourth-order valence-electron chi connectivity index (χ4n) is 2.69. The molecule has 3 nitrogen and oxygen atoms in total. The van der Waals surface area contributed by atoms with Crippen LogP contribution in [0, 0.1) is 10.5 Å². The molecule has 1 atom stereocenters. The van der Waals surface area contributed by atoms with E-state index < -0.39 is 0 Å². The van der Waals surface area contributed by atoms with Crippen molar-refractivity contribution in [3.8, 4) is 5.75 Å². The Morgan fingerprint density at radius 2 is 2.39 bits per heavy atom. The third-order valence-electron chi connectivity index (χ3n) is 3.74. The van der Waals surface area contributed by atoms with Gasteiger partial charge < -0.3 is 10.1 Å². The Balaban J connectivity index is 1.99. The van der Waals surface area contributed by atoms with Gasteiger partial charge in [-0.2, -0.15) is 0 Å². The molecule has 18 heavy (non-hydrogen) atoms. The van der Waals surface area contributed by atoms with E-state index >= 15 is 0 Å². The first-order valence-electron chi connectivity index (χ1n) is 6.22. The largest absolute Gasteiger partial charge is 0.491 e. The van der Waals surface area contributed by atoms with Crippen LogP contribution in [0.25, 0.3) is 0 Å². The number of hydrogen-bond donors (Lipinski definition) is 1. The van der Waals surface area contributed by atoms with Crippen molar-refractivity contribution in [1.82, 2.24) is 10.2 Å². The van der Waals surface area contributed by atoms with Crippen LogP contribution in [0.15, 0.2) is 6.07 Å². The summed E-state index contributed by atoms with van der Waals surface area (Å²) in [6.07, 6.45) is 0. The number of fused-ring (bicyclic) bond motifs is 2. The normalized spacial score (nSPS) is 23.8. The highest BCUT2D eigenvalue weighted by molar-refractivity contribution is 14.1. The number of nitrogens with one attached hydrogen (secondary N) is 1. The molecule has 1 aromatic rings. The molecule has 1 N–H and O–H groups in total. The van der Waals surface area contributed by atoms with Crippen molar-refractivity contribution in [3.05, 3.63) is 25.8 Å². The average molecular weight is 379 g/mol. The summed E-state index contributed by atoms with van der Waals surface area (Å²) >= 11 is 8.58. The van der Waals surface area contributed by atoms with Crippen molar-refractivity contribution in [1.29, 1.82) is 0 Å². The molecule has 98 valence electrons. The lowest BCUT2D eigenvalue weighted by Gasteiger charge is -2.33. The van der Waals surface area contributed by atoms with Gasteiger partial charge in [0.25, 0.3) is 0 Å². The number of halogens is 2. The standard InChI is InChI=1S/C13H16ClIN2O/c1-8-12(15)11(14)4-9-6-17-3-2-16-5-10(17)7-18-13(8)9/h4,10,16H,2-3,5-7H2,1H3/t10-/m0/s1. The van der Waals surface area contributed by atoms with Gasteiger partial charge in [-0.3, -0.25) is 4.90 Å². The van der Waals surface area contributed by atoms with Crippen LogP contribution in [0.1, 0.15) is 11.1 Å². The van der Waals surface area contributed by atoms with E-state index in [1.807, 2.05) is 0 Å². The SMILES string of the molecule is Cc1c(I)c(Cl)cc2c1OC[C@@H]1CNCCN1C2. The van der Waals surface area contributed by atoms with Gasteiger partial charge in [0.2, 0.25) is 0 Å². The number of piperazine rings is 1. The monoisotopic (exact) mass is 378 g/mol. The average Bonchev–Trinajstić information content (AvgIpc) is 2.55. The molecule has 1 saturated heterocycles. The van der Waals surface area contributed by atoms with Gasteiger partial charge in [-0.1, -0.05) is 11.6 Å². The maximum atomic E-state index is 6.29. The lowest BCUT2D eigenvalue weighted by molar-refractivity contribution is 0.120. The zero-order valence-electron chi connectivity index (χ0n) is 10.3. The zero-order valence-corrected chi connectivity index (χ0v) is 13.2. The van der Waals surface area contributed by atoms with E-state index in [0.29, 0.717) is 6.04 Å². The summed E-state index contributed by atoms with van der Waals surface area (Å²) in [5, 5.41) is 4.26.